The summed E-state index contributed by atoms with van der Waals surface area (Å²) in [6.45, 7) is 0. The Kier molecular flexibility index (Phi) is 2.41. The van der Waals surface area contributed by atoms with Crippen LogP contribution in [0.5, 0.6) is 5.75 Å². The van der Waals surface area contributed by atoms with Crippen molar-refractivity contribution in [3.8, 4) is 5.75 Å². The molecule has 18 heavy (non-hydrogen) atoms. The Morgan fingerprint density at radius 1 is 1.28 bits per heavy atom. The first-order chi connectivity index (χ1) is 8.67. The Labute approximate surface area is 106 Å². The first kappa shape index (κ1) is 11.0. The minimum absolute atomic E-state index is 0.194. The molecule has 0 fully saturated rings. The molecule has 4 nitrogen and oxygen atoms in total. The van der Waals surface area contributed by atoms with E-state index in [9.17, 15) is 9.90 Å². The summed E-state index contributed by atoms with van der Waals surface area (Å²) in [5.74, 6) is -0.439. The zero-order chi connectivity index (χ0) is 12.7. The molecule has 3 rings (SSSR count). The van der Waals surface area contributed by atoms with Crippen molar-refractivity contribution >= 4 is 38.4 Å². The molecule has 0 saturated heterocycles. The fraction of sp³-hybridized carbons (Fsp3) is 0.0769. The molecule has 0 N–H and O–H groups in total. The Hall–Kier alpha value is -2.14. The molecular formula is C13H8NO3S-. The van der Waals surface area contributed by atoms with E-state index in [0.29, 0.717) is 4.83 Å². The van der Waals surface area contributed by atoms with Crippen LogP contribution in [0.3, 0.4) is 0 Å². The summed E-state index contributed by atoms with van der Waals surface area (Å²) in [5, 5.41) is 12.6. The van der Waals surface area contributed by atoms with Crippen molar-refractivity contribution in [2.75, 3.05) is 7.11 Å². The number of benzene rings is 1. The van der Waals surface area contributed by atoms with E-state index >= 15 is 0 Å². The smallest absolute Gasteiger partial charge is 0.124 e. The van der Waals surface area contributed by atoms with Crippen LogP contribution >= 0.6 is 11.3 Å². The average Bonchev–Trinajstić information content (AvgIpc) is 2.78. The van der Waals surface area contributed by atoms with Gasteiger partial charge in [0.25, 0.3) is 0 Å². The van der Waals surface area contributed by atoms with Gasteiger partial charge in [0.1, 0.15) is 10.6 Å². The second-order valence-electron chi connectivity index (χ2n) is 3.84. The highest BCUT2D eigenvalue weighted by molar-refractivity contribution is 7.20. The summed E-state index contributed by atoms with van der Waals surface area (Å²) in [7, 11) is 1.60. The second-order valence-corrected chi connectivity index (χ2v) is 4.87. The van der Waals surface area contributed by atoms with Gasteiger partial charge in [-0.25, -0.2) is 4.98 Å². The third-order valence-corrected chi connectivity index (χ3v) is 3.74. The number of pyridine rings is 1. The lowest BCUT2D eigenvalue weighted by Gasteiger charge is -2.01. The van der Waals surface area contributed by atoms with Crippen LogP contribution in [0.15, 0.2) is 30.3 Å². The summed E-state index contributed by atoms with van der Waals surface area (Å²) in [4.78, 5) is 16.1. The Morgan fingerprint density at radius 2 is 2.11 bits per heavy atom. The molecule has 0 radical (unpaired) electrons. The molecular weight excluding hydrogens is 250 g/mol. The van der Waals surface area contributed by atoms with Crippen molar-refractivity contribution in [2.24, 2.45) is 0 Å². The zero-order valence-corrected chi connectivity index (χ0v) is 10.3. The molecule has 0 atom stereocenters. The molecule has 0 amide bonds. The van der Waals surface area contributed by atoms with Gasteiger partial charge in [-0.15, -0.1) is 11.3 Å². The molecule has 90 valence electrons. The Balaban J connectivity index is 2.29. The maximum Gasteiger partial charge on any atom is 0.124 e. The Bertz CT molecular complexity index is 763. The summed E-state index contributed by atoms with van der Waals surface area (Å²) < 4.78 is 5.14. The SMILES string of the molecule is COc1ccc2cc3cc(C(=O)[O-])sc3nc2c1. The number of carbonyl (C=O) groups excluding carboxylic acids is 1. The standard InChI is InChI=1S/C13H9NO3S/c1-17-9-3-2-7-4-8-5-11(13(15)16)18-12(8)14-10(7)6-9/h2-6H,1H3,(H,15,16)/p-1. The fourth-order valence-electron chi connectivity index (χ4n) is 1.83. The number of fused-ring (bicyclic) bond motifs is 2. The van der Waals surface area contributed by atoms with Crippen LogP contribution in [0.2, 0.25) is 0 Å². The molecule has 0 bridgehead atoms. The highest BCUT2D eigenvalue weighted by Crippen LogP contribution is 2.28. The van der Waals surface area contributed by atoms with Crippen molar-refractivity contribution in [3.63, 3.8) is 0 Å². The van der Waals surface area contributed by atoms with Crippen LogP contribution in [-0.4, -0.2) is 18.1 Å². The monoisotopic (exact) mass is 258 g/mol. The number of hydrogen-bond acceptors (Lipinski definition) is 5. The number of hydrogen-bond donors (Lipinski definition) is 0. The van der Waals surface area contributed by atoms with Crippen LogP contribution in [0, 0.1) is 0 Å². The second kappa shape index (κ2) is 3.96. The minimum Gasteiger partial charge on any atom is -0.544 e. The molecule has 0 saturated carbocycles. The van der Waals surface area contributed by atoms with E-state index in [0.717, 1.165) is 33.4 Å². The van der Waals surface area contributed by atoms with Gasteiger partial charge in [-0.1, -0.05) is 0 Å². The summed E-state index contributed by atoms with van der Waals surface area (Å²) >= 11 is 1.12. The zero-order valence-electron chi connectivity index (χ0n) is 9.47. The maximum atomic E-state index is 10.8. The van der Waals surface area contributed by atoms with Crippen LogP contribution < -0.4 is 9.84 Å². The van der Waals surface area contributed by atoms with Gasteiger partial charge < -0.3 is 14.6 Å². The first-order valence-corrected chi connectivity index (χ1v) is 6.09. The number of carbonyl (C=O) groups is 1. The number of ether oxygens (including phenoxy) is 1. The van der Waals surface area contributed by atoms with E-state index < -0.39 is 5.97 Å². The van der Waals surface area contributed by atoms with Crippen LogP contribution in [0.4, 0.5) is 0 Å². The van der Waals surface area contributed by atoms with Gasteiger partial charge in [-0.2, -0.15) is 0 Å². The minimum atomic E-state index is -1.17. The van der Waals surface area contributed by atoms with Gasteiger partial charge in [0.05, 0.1) is 23.5 Å². The first-order valence-electron chi connectivity index (χ1n) is 5.27. The van der Waals surface area contributed by atoms with Crippen LogP contribution in [0.1, 0.15) is 9.67 Å². The average molecular weight is 258 g/mol. The number of aromatic carboxylic acids is 1. The molecule has 0 spiro atoms. The summed E-state index contributed by atoms with van der Waals surface area (Å²) in [6, 6.07) is 9.08. The fourth-order valence-corrected chi connectivity index (χ4v) is 2.69. The molecule has 0 aliphatic rings. The third kappa shape index (κ3) is 1.69. The van der Waals surface area contributed by atoms with Gasteiger partial charge >= 0.3 is 0 Å². The predicted octanol–water partition coefficient (Wildman–Crippen LogP) is 1.82. The largest absolute Gasteiger partial charge is 0.544 e. The van der Waals surface area contributed by atoms with Crippen LogP contribution in [-0.2, 0) is 0 Å². The normalized spacial score (nSPS) is 10.9. The van der Waals surface area contributed by atoms with E-state index in [4.69, 9.17) is 4.74 Å². The summed E-state index contributed by atoms with van der Waals surface area (Å²) in [5.41, 5.74) is 0.786. The van der Waals surface area contributed by atoms with Gasteiger partial charge in [0.2, 0.25) is 0 Å². The number of nitrogens with zero attached hydrogens (tertiary/aromatic N) is 1. The van der Waals surface area contributed by atoms with Gasteiger partial charge in [0, 0.05) is 16.8 Å². The van der Waals surface area contributed by atoms with E-state index in [1.165, 1.54) is 0 Å². The molecule has 5 heteroatoms. The van der Waals surface area contributed by atoms with Gasteiger partial charge in [0.15, 0.2) is 0 Å². The Morgan fingerprint density at radius 3 is 2.83 bits per heavy atom. The molecule has 3 aromatic rings. The van der Waals surface area contributed by atoms with E-state index in [1.807, 2.05) is 24.3 Å². The van der Waals surface area contributed by atoms with Crippen molar-refractivity contribution in [3.05, 3.63) is 35.2 Å². The lowest BCUT2D eigenvalue weighted by molar-refractivity contribution is -0.254. The topological polar surface area (TPSA) is 62.2 Å². The van der Waals surface area contributed by atoms with Gasteiger partial charge in [-0.05, 0) is 24.3 Å². The molecule has 0 aliphatic heterocycles. The highest BCUT2D eigenvalue weighted by atomic mass is 32.1. The predicted molar refractivity (Wildman–Crippen MR) is 68.0 cm³/mol. The molecule has 0 aliphatic carbocycles. The molecule has 1 aromatic carbocycles. The maximum absolute atomic E-state index is 10.8. The van der Waals surface area contributed by atoms with Crippen molar-refractivity contribution < 1.29 is 14.6 Å². The lowest BCUT2D eigenvalue weighted by Crippen LogP contribution is -2.20. The highest BCUT2D eigenvalue weighted by Gasteiger charge is 2.06. The van der Waals surface area contributed by atoms with Crippen molar-refractivity contribution in [1.29, 1.82) is 0 Å². The number of rotatable bonds is 2. The molecule has 2 aromatic heterocycles. The van der Waals surface area contributed by atoms with E-state index in [-0.39, 0.29) is 4.88 Å². The van der Waals surface area contributed by atoms with E-state index in [1.54, 1.807) is 13.2 Å². The summed E-state index contributed by atoms with van der Waals surface area (Å²) in [6.07, 6.45) is 0. The lowest BCUT2D eigenvalue weighted by atomic mass is 10.2. The van der Waals surface area contributed by atoms with Crippen molar-refractivity contribution in [1.82, 2.24) is 4.98 Å². The van der Waals surface area contributed by atoms with Crippen LogP contribution in [0.25, 0.3) is 21.1 Å². The number of aromatic nitrogens is 1. The van der Waals surface area contributed by atoms with E-state index in [2.05, 4.69) is 4.98 Å². The number of carboxylic acid groups (broad SMARTS) is 1. The quantitative estimate of drug-likeness (QED) is 0.703. The number of carboxylic acids is 1. The number of methoxy groups -OCH3 is 1. The molecule has 2 heterocycles. The third-order valence-electron chi connectivity index (χ3n) is 2.71. The van der Waals surface area contributed by atoms with Crippen molar-refractivity contribution in [2.45, 2.75) is 0 Å². The number of thiophene rings is 1. The molecule has 0 unspecified atom stereocenters. The van der Waals surface area contributed by atoms with Gasteiger partial charge in [-0.3, -0.25) is 0 Å².